The van der Waals surface area contributed by atoms with Crippen LogP contribution in [0, 0.1) is 0 Å². The van der Waals surface area contributed by atoms with Gasteiger partial charge in [-0.05, 0) is 18.4 Å². The molecule has 0 bridgehead atoms. The Morgan fingerprint density at radius 2 is 2.44 bits per heavy atom. The molecule has 98 valence electrons. The van der Waals surface area contributed by atoms with E-state index in [1.54, 1.807) is 11.0 Å². The molecular weight excluding hydrogens is 232 g/mol. The first-order valence-electron chi connectivity index (χ1n) is 6.16. The molecule has 18 heavy (non-hydrogen) atoms. The standard InChI is InChI=1S/C12H18N4O2/c1-8(2)10-5-11(15-14-10)12(18)16-4-3-9(6-16)13-7-17/h5,7-9H,3-4,6H2,1-2H3,(H,13,17)(H,14,15). The SMILES string of the molecule is CC(C)c1cc(C(=O)N2CCC(NC=O)C2)n[nH]1. The second kappa shape index (κ2) is 5.20. The summed E-state index contributed by atoms with van der Waals surface area (Å²) in [4.78, 5) is 24.2. The van der Waals surface area contributed by atoms with Crippen molar-refractivity contribution in [2.45, 2.75) is 32.2 Å². The normalized spacial score (nSPS) is 19.3. The van der Waals surface area contributed by atoms with Gasteiger partial charge in [-0.15, -0.1) is 0 Å². The molecule has 0 radical (unpaired) electrons. The molecule has 2 rings (SSSR count). The molecule has 1 fully saturated rings. The van der Waals surface area contributed by atoms with Crippen LogP contribution in [0.4, 0.5) is 0 Å². The van der Waals surface area contributed by atoms with Gasteiger partial charge in [-0.1, -0.05) is 13.8 Å². The number of rotatable bonds is 4. The summed E-state index contributed by atoms with van der Waals surface area (Å²) in [5.74, 6) is 0.246. The smallest absolute Gasteiger partial charge is 0.274 e. The molecule has 0 saturated carbocycles. The molecule has 2 heterocycles. The summed E-state index contributed by atoms with van der Waals surface area (Å²) < 4.78 is 0. The second-order valence-corrected chi connectivity index (χ2v) is 4.88. The molecule has 1 aliphatic heterocycles. The first-order chi connectivity index (χ1) is 8.61. The fraction of sp³-hybridized carbons (Fsp3) is 0.583. The number of carbonyl (C=O) groups excluding carboxylic acids is 2. The lowest BCUT2D eigenvalue weighted by Gasteiger charge is -2.14. The predicted molar refractivity (Wildman–Crippen MR) is 66.2 cm³/mol. The van der Waals surface area contributed by atoms with Crippen molar-refractivity contribution in [1.82, 2.24) is 20.4 Å². The van der Waals surface area contributed by atoms with Gasteiger partial charge in [0.25, 0.3) is 5.91 Å². The monoisotopic (exact) mass is 250 g/mol. The molecule has 1 aromatic rings. The van der Waals surface area contributed by atoms with Crippen molar-refractivity contribution in [3.63, 3.8) is 0 Å². The molecule has 6 heteroatoms. The van der Waals surface area contributed by atoms with Crippen molar-refractivity contribution < 1.29 is 9.59 Å². The van der Waals surface area contributed by atoms with Gasteiger partial charge in [0.15, 0.2) is 0 Å². The van der Waals surface area contributed by atoms with Crippen LogP contribution in [0.3, 0.4) is 0 Å². The van der Waals surface area contributed by atoms with Crippen LogP contribution in [0.25, 0.3) is 0 Å². The first kappa shape index (κ1) is 12.6. The van der Waals surface area contributed by atoms with E-state index in [2.05, 4.69) is 15.5 Å². The van der Waals surface area contributed by atoms with Crippen LogP contribution < -0.4 is 5.32 Å². The molecule has 2 amide bonds. The molecule has 1 unspecified atom stereocenters. The number of amides is 2. The average molecular weight is 250 g/mol. The quantitative estimate of drug-likeness (QED) is 0.763. The van der Waals surface area contributed by atoms with Gasteiger partial charge in [0.2, 0.25) is 6.41 Å². The minimum atomic E-state index is -0.0756. The van der Waals surface area contributed by atoms with Crippen molar-refractivity contribution >= 4 is 12.3 Å². The Balaban J connectivity index is 2.01. The zero-order chi connectivity index (χ0) is 13.1. The predicted octanol–water partition coefficient (Wildman–Crippen LogP) is 0.494. The third-order valence-electron chi connectivity index (χ3n) is 3.22. The van der Waals surface area contributed by atoms with Crippen molar-refractivity contribution in [2.75, 3.05) is 13.1 Å². The fourth-order valence-corrected chi connectivity index (χ4v) is 2.08. The van der Waals surface area contributed by atoms with Crippen molar-refractivity contribution in [3.8, 4) is 0 Å². The topological polar surface area (TPSA) is 78.1 Å². The third kappa shape index (κ3) is 2.52. The molecule has 6 nitrogen and oxygen atoms in total. The van der Waals surface area contributed by atoms with E-state index in [-0.39, 0.29) is 11.9 Å². The lowest BCUT2D eigenvalue weighted by molar-refractivity contribution is -0.110. The molecular formula is C12H18N4O2. The van der Waals surface area contributed by atoms with E-state index in [4.69, 9.17) is 0 Å². The summed E-state index contributed by atoms with van der Waals surface area (Å²) in [5, 5.41) is 9.63. The van der Waals surface area contributed by atoms with Crippen LogP contribution >= 0.6 is 0 Å². The lowest BCUT2D eigenvalue weighted by atomic mass is 10.1. The molecule has 1 saturated heterocycles. The first-order valence-corrected chi connectivity index (χ1v) is 6.16. The summed E-state index contributed by atoms with van der Waals surface area (Å²) in [6.45, 7) is 5.30. The van der Waals surface area contributed by atoms with E-state index in [1.807, 2.05) is 13.8 Å². The highest BCUT2D eigenvalue weighted by Gasteiger charge is 2.27. The highest BCUT2D eigenvalue weighted by Crippen LogP contribution is 2.16. The Labute approximate surface area is 106 Å². The maximum absolute atomic E-state index is 12.2. The van der Waals surface area contributed by atoms with Crippen LogP contribution in [0.1, 0.15) is 42.4 Å². The number of aromatic amines is 1. The Hall–Kier alpha value is -1.85. The van der Waals surface area contributed by atoms with Crippen LogP contribution in [0.15, 0.2) is 6.07 Å². The summed E-state index contributed by atoms with van der Waals surface area (Å²) in [5.41, 5.74) is 1.41. The second-order valence-electron chi connectivity index (χ2n) is 4.88. The molecule has 0 aliphatic carbocycles. The Bertz CT molecular complexity index is 441. The fourth-order valence-electron chi connectivity index (χ4n) is 2.08. The Kier molecular flexibility index (Phi) is 3.64. The van der Waals surface area contributed by atoms with Crippen molar-refractivity contribution in [3.05, 3.63) is 17.5 Å². The van der Waals surface area contributed by atoms with Gasteiger partial charge < -0.3 is 10.2 Å². The molecule has 0 spiro atoms. The van der Waals surface area contributed by atoms with Gasteiger partial charge in [0.1, 0.15) is 5.69 Å². The van der Waals surface area contributed by atoms with Gasteiger partial charge in [-0.2, -0.15) is 5.10 Å². The van der Waals surface area contributed by atoms with E-state index >= 15 is 0 Å². The number of likely N-dealkylation sites (tertiary alicyclic amines) is 1. The van der Waals surface area contributed by atoms with E-state index < -0.39 is 0 Å². The summed E-state index contributed by atoms with van der Waals surface area (Å²) in [7, 11) is 0. The molecule has 1 aromatic heterocycles. The Morgan fingerprint density at radius 3 is 3.06 bits per heavy atom. The largest absolute Gasteiger partial charge is 0.354 e. The van der Waals surface area contributed by atoms with Crippen LogP contribution in [-0.4, -0.2) is 46.5 Å². The number of carbonyl (C=O) groups is 2. The van der Waals surface area contributed by atoms with Crippen molar-refractivity contribution in [2.24, 2.45) is 0 Å². The zero-order valence-electron chi connectivity index (χ0n) is 10.6. The number of hydrogen-bond acceptors (Lipinski definition) is 3. The van der Waals surface area contributed by atoms with E-state index in [9.17, 15) is 9.59 Å². The van der Waals surface area contributed by atoms with Gasteiger partial charge in [-0.25, -0.2) is 0 Å². The minimum absolute atomic E-state index is 0.0648. The van der Waals surface area contributed by atoms with Gasteiger partial charge in [0, 0.05) is 24.8 Å². The highest BCUT2D eigenvalue weighted by atomic mass is 16.2. The highest BCUT2D eigenvalue weighted by molar-refractivity contribution is 5.92. The number of H-pyrrole nitrogens is 1. The maximum Gasteiger partial charge on any atom is 0.274 e. The number of hydrogen-bond donors (Lipinski definition) is 2. The summed E-state index contributed by atoms with van der Waals surface area (Å²) in [6, 6.07) is 1.86. The van der Waals surface area contributed by atoms with E-state index in [0.29, 0.717) is 31.1 Å². The zero-order valence-corrected chi connectivity index (χ0v) is 10.6. The van der Waals surface area contributed by atoms with Crippen LogP contribution in [0.5, 0.6) is 0 Å². The van der Waals surface area contributed by atoms with Gasteiger partial charge in [-0.3, -0.25) is 14.7 Å². The van der Waals surface area contributed by atoms with Gasteiger partial charge >= 0.3 is 0 Å². The number of nitrogens with one attached hydrogen (secondary N) is 2. The molecule has 2 N–H and O–H groups in total. The lowest BCUT2D eigenvalue weighted by Crippen LogP contribution is -2.34. The van der Waals surface area contributed by atoms with E-state index in [1.165, 1.54) is 0 Å². The molecule has 0 aromatic carbocycles. The number of nitrogens with zero attached hydrogens (tertiary/aromatic N) is 2. The Morgan fingerprint density at radius 1 is 1.67 bits per heavy atom. The molecule has 1 atom stereocenters. The average Bonchev–Trinajstić information content (AvgIpc) is 2.97. The third-order valence-corrected chi connectivity index (χ3v) is 3.22. The maximum atomic E-state index is 12.2. The summed E-state index contributed by atoms with van der Waals surface area (Å²) >= 11 is 0. The van der Waals surface area contributed by atoms with Gasteiger partial charge in [0.05, 0.1) is 0 Å². The van der Waals surface area contributed by atoms with E-state index in [0.717, 1.165) is 12.1 Å². The van der Waals surface area contributed by atoms with Crippen LogP contribution in [0.2, 0.25) is 0 Å². The minimum Gasteiger partial charge on any atom is -0.354 e. The summed E-state index contributed by atoms with van der Waals surface area (Å²) in [6.07, 6.45) is 1.48. The van der Waals surface area contributed by atoms with Crippen LogP contribution in [-0.2, 0) is 4.79 Å². The molecule has 1 aliphatic rings. The van der Waals surface area contributed by atoms with Crippen molar-refractivity contribution in [1.29, 1.82) is 0 Å². The number of aromatic nitrogens is 2.